The van der Waals surface area contributed by atoms with Crippen molar-refractivity contribution in [2.75, 3.05) is 18.0 Å². The summed E-state index contributed by atoms with van der Waals surface area (Å²) in [5.74, 6) is -4.59. The SMILES string of the molecule is Cc1cc(CS(=O)(=O)NC(=O)C2CN(c3nc(C(F)F)c(C(=O)O)cc3C#N)C2)ccc1F. The Balaban J connectivity index is 1.70. The third-order valence-electron chi connectivity index (χ3n) is 4.98. The zero-order chi connectivity index (χ0) is 24.5. The summed E-state index contributed by atoms with van der Waals surface area (Å²) in [4.78, 5) is 28.4. The Morgan fingerprint density at radius 1 is 1.33 bits per heavy atom. The van der Waals surface area contributed by atoms with Gasteiger partial charge >= 0.3 is 5.97 Å². The molecule has 174 valence electrons. The van der Waals surface area contributed by atoms with Crippen LogP contribution in [0.25, 0.3) is 0 Å². The van der Waals surface area contributed by atoms with Crippen molar-refractivity contribution in [3.63, 3.8) is 0 Å². The van der Waals surface area contributed by atoms with E-state index in [1.807, 2.05) is 4.72 Å². The molecule has 1 aromatic carbocycles. The zero-order valence-corrected chi connectivity index (χ0v) is 17.9. The first-order valence-electron chi connectivity index (χ1n) is 9.42. The molecule has 0 radical (unpaired) electrons. The van der Waals surface area contributed by atoms with Gasteiger partial charge in [0.25, 0.3) is 6.43 Å². The Bertz CT molecular complexity index is 1270. The molecule has 0 spiro atoms. The van der Waals surface area contributed by atoms with Crippen molar-refractivity contribution in [2.24, 2.45) is 5.92 Å². The molecule has 13 heteroatoms. The average molecular weight is 482 g/mol. The first-order valence-corrected chi connectivity index (χ1v) is 11.1. The van der Waals surface area contributed by atoms with Crippen LogP contribution < -0.4 is 9.62 Å². The second-order valence-electron chi connectivity index (χ2n) is 7.42. The fourth-order valence-corrected chi connectivity index (χ4v) is 4.45. The largest absolute Gasteiger partial charge is 0.478 e. The number of rotatable bonds is 7. The number of hydrogen-bond acceptors (Lipinski definition) is 7. The molecule has 0 aliphatic carbocycles. The summed E-state index contributed by atoms with van der Waals surface area (Å²) in [6.07, 6.45) is -3.21. The molecular weight excluding hydrogens is 465 g/mol. The van der Waals surface area contributed by atoms with Crippen LogP contribution in [0.3, 0.4) is 0 Å². The lowest BCUT2D eigenvalue weighted by molar-refractivity contribution is -0.123. The number of carbonyl (C=O) groups excluding carboxylic acids is 1. The number of aromatic carboxylic acids is 1. The van der Waals surface area contributed by atoms with Gasteiger partial charge in [-0.3, -0.25) is 9.52 Å². The van der Waals surface area contributed by atoms with E-state index < -0.39 is 57.1 Å². The minimum Gasteiger partial charge on any atom is -0.478 e. The van der Waals surface area contributed by atoms with E-state index in [9.17, 15) is 36.4 Å². The van der Waals surface area contributed by atoms with Gasteiger partial charge < -0.3 is 10.0 Å². The van der Waals surface area contributed by atoms with Crippen LogP contribution >= 0.6 is 0 Å². The van der Waals surface area contributed by atoms with Gasteiger partial charge in [0.1, 0.15) is 23.4 Å². The number of amides is 1. The Hall–Kier alpha value is -3.66. The number of pyridine rings is 1. The number of nitriles is 1. The van der Waals surface area contributed by atoms with Crippen LogP contribution in [-0.4, -0.2) is 43.5 Å². The lowest BCUT2D eigenvalue weighted by atomic mass is 9.98. The number of carbonyl (C=O) groups is 2. The van der Waals surface area contributed by atoms with Gasteiger partial charge in [0.05, 0.1) is 22.8 Å². The maximum atomic E-state index is 13.3. The molecule has 1 aliphatic rings. The molecule has 33 heavy (non-hydrogen) atoms. The van der Waals surface area contributed by atoms with Crippen molar-refractivity contribution < 1.29 is 36.3 Å². The zero-order valence-electron chi connectivity index (χ0n) is 17.0. The minimum atomic E-state index is -4.09. The van der Waals surface area contributed by atoms with Crippen LogP contribution in [0, 0.1) is 30.0 Å². The molecule has 1 aromatic heterocycles. The summed E-state index contributed by atoms with van der Waals surface area (Å²) >= 11 is 0. The normalized spacial score (nSPS) is 14.0. The van der Waals surface area contributed by atoms with Gasteiger partial charge in [-0.2, -0.15) is 5.26 Å². The quantitative estimate of drug-likeness (QED) is 0.612. The number of aryl methyl sites for hydroxylation is 1. The molecule has 1 aliphatic heterocycles. The van der Waals surface area contributed by atoms with Gasteiger partial charge in [0.15, 0.2) is 0 Å². The lowest BCUT2D eigenvalue weighted by Crippen LogP contribution is -2.55. The first-order chi connectivity index (χ1) is 15.4. The predicted octanol–water partition coefficient (Wildman–Crippen LogP) is 2.12. The van der Waals surface area contributed by atoms with Crippen LogP contribution in [0.4, 0.5) is 19.0 Å². The summed E-state index contributed by atoms with van der Waals surface area (Å²) < 4.78 is 66.3. The Morgan fingerprint density at radius 3 is 2.55 bits per heavy atom. The fourth-order valence-electron chi connectivity index (χ4n) is 3.28. The highest BCUT2D eigenvalue weighted by atomic mass is 32.2. The number of nitrogens with one attached hydrogen (secondary N) is 1. The summed E-state index contributed by atoms with van der Waals surface area (Å²) in [7, 11) is -4.09. The number of carboxylic acid groups (broad SMARTS) is 1. The molecule has 2 heterocycles. The molecule has 0 atom stereocenters. The van der Waals surface area contributed by atoms with Crippen molar-refractivity contribution in [3.05, 3.63) is 58.0 Å². The predicted molar refractivity (Wildman–Crippen MR) is 108 cm³/mol. The average Bonchev–Trinajstić information content (AvgIpc) is 2.68. The number of sulfonamides is 1. The summed E-state index contributed by atoms with van der Waals surface area (Å²) in [5.41, 5.74) is -1.55. The molecule has 2 N–H and O–H groups in total. The molecule has 1 fully saturated rings. The molecule has 1 amide bonds. The van der Waals surface area contributed by atoms with E-state index in [1.165, 1.54) is 24.0 Å². The second-order valence-corrected chi connectivity index (χ2v) is 9.14. The van der Waals surface area contributed by atoms with E-state index in [-0.39, 0.29) is 35.6 Å². The molecule has 2 aromatic rings. The topological polar surface area (TPSA) is 140 Å². The second kappa shape index (κ2) is 9.07. The lowest BCUT2D eigenvalue weighted by Gasteiger charge is -2.39. The Kier molecular flexibility index (Phi) is 6.59. The van der Waals surface area contributed by atoms with Gasteiger partial charge in [-0.05, 0) is 30.2 Å². The molecule has 3 rings (SSSR count). The summed E-state index contributed by atoms with van der Waals surface area (Å²) in [6.45, 7) is 1.24. The number of carboxylic acids is 1. The van der Waals surface area contributed by atoms with Gasteiger partial charge in [0, 0.05) is 13.1 Å². The molecule has 9 nitrogen and oxygen atoms in total. The number of hydrogen-bond donors (Lipinski definition) is 2. The van der Waals surface area contributed by atoms with Crippen LogP contribution in [-0.2, 0) is 20.6 Å². The van der Waals surface area contributed by atoms with E-state index >= 15 is 0 Å². The fraction of sp³-hybridized carbons (Fsp3) is 0.300. The van der Waals surface area contributed by atoms with Crippen LogP contribution in [0.5, 0.6) is 0 Å². The molecule has 0 bridgehead atoms. The highest BCUT2D eigenvalue weighted by Crippen LogP contribution is 2.31. The number of halogens is 3. The van der Waals surface area contributed by atoms with Crippen LogP contribution in [0.15, 0.2) is 24.3 Å². The number of nitrogens with zero attached hydrogens (tertiary/aromatic N) is 3. The minimum absolute atomic E-state index is 0.117. The van der Waals surface area contributed by atoms with E-state index in [0.29, 0.717) is 0 Å². The third kappa shape index (κ3) is 5.23. The van der Waals surface area contributed by atoms with Gasteiger partial charge in [-0.1, -0.05) is 12.1 Å². The van der Waals surface area contributed by atoms with Crippen molar-refractivity contribution in [1.29, 1.82) is 5.26 Å². The highest BCUT2D eigenvalue weighted by molar-refractivity contribution is 7.89. The maximum absolute atomic E-state index is 13.3. The number of benzene rings is 1. The monoisotopic (exact) mass is 482 g/mol. The Labute approximate surface area is 186 Å². The van der Waals surface area contributed by atoms with E-state index in [1.54, 1.807) is 6.07 Å². The van der Waals surface area contributed by atoms with Gasteiger partial charge in [-0.15, -0.1) is 0 Å². The van der Waals surface area contributed by atoms with Crippen molar-refractivity contribution in [3.8, 4) is 6.07 Å². The molecule has 0 saturated carbocycles. The standard InChI is InChI=1S/C20H17F3N4O5S/c1-10-4-11(2-3-15(10)21)9-33(31,32)26-19(28)13-7-27(8-13)18-12(6-24)5-14(20(29)30)16(25-18)17(22)23/h2-5,13,17H,7-9H2,1H3,(H,26,28)(H,29,30). The van der Waals surface area contributed by atoms with Crippen LogP contribution in [0.2, 0.25) is 0 Å². The van der Waals surface area contributed by atoms with E-state index in [0.717, 1.165) is 12.1 Å². The van der Waals surface area contributed by atoms with Crippen molar-refractivity contribution in [1.82, 2.24) is 9.71 Å². The smallest absolute Gasteiger partial charge is 0.337 e. The number of aromatic nitrogens is 1. The van der Waals surface area contributed by atoms with Crippen molar-refractivity contribution >= 4 is 27.7 Å². The summed E-state index contributed by atoms with van der Waals surface area (Å²) in [6, 6.07) is 6.23. The van der Waals surface area contributed by atoms with Gasteiger partial charge in [0.2, 0.25) is 15.9 Å². The molecule has 0 unspecified atom stereocenters. The van der Waals surface area contributed by atoms with Crippen LogP contribution in [0.1, 0.15) is 39.2 Å². The Morgan fingerprint density at radius 2 is 2.00 bits per heavy atom. The summed E-state index contributed by atoms with van der Waals surface area (Å²) in [5, 5.41) is 18.3. The number of alkyl halides is 2. The maximum Gasteiger partial charge on any atom is 0.337 e. The van der Waals surface area contributed by atoms with E-state index in [2.05, 4.69) is 4.98 Å². The highest BCUT2D eigenvalue weighted by Gasteiger charge is 2.37. The third-order valence-corrected chi connectivity index (χ3v) is 6.20. The van der Waals surface area contributed by atoms with Crippen molar-refractivity contribution in [2.45, 2.75) is 19.1 Å². The van der Waals surface area contributed by atoms with Gasteiger partial charge in [-0.25, -0.2) is 31.4 Å². The number of anilines is 1. The molecule has 1 saturated heterocycles. The first kappa shape index (κ1) is 24.0. The molecular formula is C20H17F3N4O5S. The van der Waals surface area contributed by atoms with E-state index in [4.69, 9.17) is 5.11 Å².